The molecule has 12 heteroatoms. The van der Waals surface area contributed by atoms with Crippen molar-refractivity contribution < 1.29 is 43.3 Å². The molecule has 1 aliphatic heterocycles. The number of hydrogen-bond acceptors (Lipinski definition) is 10. The third-order valence-corrected chi connectivity index (χ3v) is 4.61. The zero-order valence-electron chi connectivity index (χ0n) is 22.3. The number of hydrogen-bond donors (Lipinski definition) is 1. The molecule has 3 rings (SSSR count). The van der Waals surface area contributed by atoms with E-state index < -0.39 is 35.1 Å². The second-order valence-corrected chi connectivity index (χ2v) is 10.9. The Bertz CT molecular complexity index is 1180. The van der Waals surface area contributed by atoms with E-state index in [0.717, 1.165) is 0 Å². The Hall–Kier alpha value is -3.67. The monoisotopic (exact) mass is 519 g/mol. The number of imide groups is 1. The standard InChI is InChI=1S/C25H33N3O9/c1-23(2,3)36-21(31)28(22(32)37-24(4,5)6)33-11-9-10-14-19(20(29)30)27-16-13-18-17(12-15(16)26-14)34-25(7,8)35-18/h12-13H,9-11H2,1-8H3,(H,29,30). The van der Waals surface area contributed by atoms with Gasteiger partial charge in [-0.25, -0.2) is 24.4 Å². The Labute approximate surface area is 214 Å². The van der Waals surface area contributed by atoms with Crippen molar-refractivity contribution in [2.24, 2.45) is 0 Å². The quantitative estimate of drug-likeness (QED) is 0.412. The Morgan fingerprint density at radius 2 is 1.41 bits per heavy atom. The third kappa shape index (κ3) is 7.42. The van der Waals surface area contributed by atoms with Crippen molar-refractivity contribution >= 4 is 29.2 Å². The van der Waals surface area contributed by atoms with Crippen molar-refractivity contribution in [2.45, 2.75) is 85.2 Å². The molecule has 1 N–H and O–H groups in total. The maximum absolute atomic E-state index is 12.5. The molecular formula is C25H33N3O9. The number of aromatic nitrogens is 2. The van der Waals surface area contributed by atoms with Crippen LogP contribution in [-0.2, 0) is 20.7 Å². The summed E-state index contributed by atoms with van der Waals surface area (Å²) in [7, 11) is 0. The molecule has 2 amide bonds. The SMILES string of the molecule is CC(C)(C)OC(=O)N(OCCCc1nc2cc3c(cc2nc1C(=O)O)OC(C)(C)O3)C(=O)OC(C)(C)C. The lowest BCUT2D eigenvalue weighted by atomic mass is 10.1. The number of carbonyl (C=O) groups excluding carboxylic acids is 2. The molecule has 0 saturated heterocycles. The molecule has 0 bridgehead atoms. The van der Waals surface area contributed by atoms with Crippen LogP contribution in [0, 0.1) is 0 Å². The summed E-state index contributed by atoms with van der Waals surface area (Å²) in [6, 6.07) is 3.23. The highest BCUT2D eigenvalue weighted by molar-refractivity contribution is 5.90. The van der Waals surface area contributed by atoms with E-state index in [1.165, 1.54) is 0 Å². The van der Waals surface area contributed by atoms with E-state index in [-0.39, 0.29) is 30.8 Å². The highest BCUT2D eigenvalue weighted by atomic mass is 16.8. The van der Waals surface area contributed by atoms with E-state index in [1.54, 1.807) is 67.5 Å². The Morgan fingerprint density at radius 1 is 0.919 bits per heavy atom. The predicted octanol–water partition coefficient (Wildman–Crippen LogP) is 4.87. The number of aryl methyl sites for hydroxylation is 1. The first-order valence-electron chi connectivity index (χ1n) is 11.8. The molecule has 2 aromatic rings. The van der Waals surface area contributed by atoms with E-state index in [0.29, 0.717) is 27.6 Å². The van der Waals surface area contributed by atoms with Crippen molar-refractivity contribution in [3.63, 3.8) is 0 Å². The molecule has 2 heterocycles. The summed E-state index contributed by atoms with van der Waals surface area (Å²) in [5, 5.41) is 10.1. The molecule has 37 heavy (non-hydrogen) atoms. The second-order valence-electron chi connectivity index (χ2n) is 10.9. The zero-order chi connectivity index (χ0) is 27.8. The van der Waals surface area contributed by atoms with Gasteiger partial charge >= 0.3 is 18.2 Å². The smallest absolute Gasteiger partial charge is 0.444 e. The number of hydroxylamine groups is 2. The summed E-state index contributed by atoms with van der Waals surface area (Å²) < 4.78 is 21.9. The maximum atomic E-state index is 12.5. The summed E-state index contributed by atoms with van der Waals surface area (Å²) in [6.45, 7) is 13.3. The van der Waals surface area contributed by atoms with Crippen LogP contribution in [0.4, 0.5) is 9.59 Å². The predicted molar refractivity (Wildman–Crippen MR) is 130 cm³/mol. The largest absolute Gasteiger partial charge is 0.476 e. The lowest BCUT2D eigenvalue weighted by molar-refractivity contribution is -0.138. The van der Waals surface area contributed by atoms with Gasteiger partial charge in [0.25, 0.3) is 0 Å². The third-order valence-electron chi connectivity index (χ3n) is 4.61. The van der Waals surface area contributed by atoms with Gasteiger partial charge < -0.3 is 24.1 Å². The molecule has 0 radical (unpaired) electrons. The number of carbonyl (C=O) groups is 3. The van der Waals surface area contributed by atoms with Crippen molar-refractivity contribution in [3.05, 3.63) is 23.5 Å². The summed E-state index contributed by atoms with van der Waals surface area (Å²) in [4.78, 5) is 51.1. The topological polar surface area (TPSA) is 147 Å². The number of ether oxygens (including phenoxy) is 4. The van der Waals surface area contributed by atoms with Crippen LogP contribution in [0.2, 0.25) is 0 Å². The van der Waals surface area contributed by atoms with E-state index in [1.807, 2.05) is 0 Å². The number of benzene rings is 1. The van der Waals surface area contributed by atoms with E-state index in [4.69, 9.17) is 23.8 Å². The van der Waals surface area contributed by atoms with Gasteiger partial charge in [-0.2, -0.15) is 0 Å². The molecule has 1 aromatic carbocycles. The van der Waals surface area contributed by atoms with E-state index in [2.05, 4.69) is 9.97 Å². The minimum atomic E-state index is -1.24. The highest BCUT2D eigenvalue weighted by Crippen LogP contribution is 2.41. The number of aromatic carboxylic acids is 1. The fraction of sp³-hybridized carbons (Fsp3) is 0.560. The molecule has 0 aliphatic carbocycles. The van der Waals surface area contributed by atoms with Gasteiger partial charge in [0.05, 0.1) is 23.3 Å². The normalized spacial score (nSPS) is 14.4. The van der Waals surface area contributed by atoms with Crippen LogP contribution in [0.1, 0.15) is 78.0 Å². The average Bonchev–Trinajstić information content (AvgIpc) is 3.00. The van der Waals surface area contributed by atoms with Crippen LogP contribution in [0.15, 0.2) is 12.1 Å². The zero-order valence-corrected chi connectivity index (χ0v) is 22.3. The summed E-state index contributed by atoms with van der Waals surface area (Å²) in [5.74, 6) is -1.17. The van der Waals surface area contributed by atoms with Crippen LogP contribution < -0.4 is 9.47 Å². The molecule has 12 nitrogen and oxygen atoms in total. The first kappa shape index (κ1) is 27.9. The minimum Gasteiger partial charge on any atom is -0.476 e. The molecule has 0 spiro atoms. The average molecular weight is 520 g/mol. The second kappa shape index (κ2) is 10.0. The molecule has 0 fully saturated rings. The van der Waals surface area contributed by atoms with Crippen LogP contribution in [0.25, 0.3) is 11.0 Å². The van der Waals surface area contributed by atoms with E-state index >= 15 is 0 Å². The summed E-state index contributed by atoms with van der Waals surface area (Å²) in [6.07, 6.45) is -1.71. The van der Waals surface area contributed by atoms with Gasteiger partial charge in [-0.05, 0) is 54.4 Å². The minimum absolute atomic E-state index is 0.132. The molecule has 0 atom stereocenters. The van der Waals surface area contributed by atoms with E-state index in [9.17, 15) is 19.5 Å². The number of rotatable bonds is 6. The van der Waals surface area contributed by atoms with Gasteiger partial charge in [0, 0.05) is 26.0 Å². The lowest BCUT2D eigenvalue weighted by Crippen LogP contribution is -2.43. The Balaban J connectivity index is 1.75. The van der Waals surface area contributed by atoms with Gasteiger partial charge in [-0.3, -0.25) is 4.84 Å². The Morgan fingerprint density at radius 3 is 1.86 bits per heavy atom. The summed E-state index contributed by atoms with van der Waals surface area (Å²) in [5.41, 5.74) is -0.975. The van der Waals surface area contributed by atoms with Crippen LogP contribution in [0.5, 0.6) is 11.5 Å². The molecule has 0 saturated carbocycles. The molecule has 1 aromatic heterocycles. The van der Waals surface area contributed by atoms with Crippen LogP contribution >= 0.6 is 0 Å². The van der Waals surface area contributed by atoms with Crippen LogP contribution in [0.3, 0.4) is 0 Å². The molecular weight excluding hydrogens is 486 g/mol. The fourth-order valence-electron chi connectivity index (χ4n) is 3.34. The first-order chi connectivity index (χ1) is 16.9. The summed E-state index contributed by atoms with van der Waals surface area (Å²) >= 11 is 0. The van der Waals surface area contributed by atoms with Gasteiger partial charge in [0.2, 0.25) is 5.79 Å². The van der Waals surface area contributed by atoms with Gasteiger partial charge in [0.1, 0.15) is 11.2 Å². The number of carboxylic acid groups (broad SMARTS) is 1. The van der Waals surface area contributed by atoms with Crippen molar-refractivity contribution in [1.82, 2.24) is 15.0 Å². The number of amides is 2. The van der Waals surface area contributed by atoms with Crippen LogP contribution in [-0.4, -0.2) is 61.9 Å². The van der Waals surface area contributed by atoms with Gasteiger partial charge in [-0.1, -0.05) is 5.06 Å². The fourth-order valence-corrected chi connectivity index (χ4v) is 3.34. The van der Waals surface area contributed by atoms with Crippen molar-refractivity contribution in [1.29, 1.82) is 0 Å². The highest BCUT2D eigenvalue weighted by Gasteiger charge is 2.34. The molecule has 202 valence electrons. The maximum Gasteiger partial charge on any atom is 0.444 e. The number of fused-ring (bicyclic) bond motifs is 2. The van der Waals surface area contributed by atoms with Gasteiger partial charge in [0.15, 0.2) is 17.2 Å². The number of nitrogens with zero attached hydrogens (tertiary/aromatic N) is 3. The Kier molecular flexibility index (Phi) is 7.54. The number of carboxylic acids is 1. The van der Waals surface area contributed by atoms with Crippen molar-refractivity contribution in [2.75, 3.05) is 6.61 Å². The van der Waals surface area contributed by atoms with Crippen molar-refractivity contribution in [3.8, 4) is 11.5 Å². The first-order valence-corrected chi connectivity index (χ1v) is 11.8. The molecule has 0 unspecified atom stereocenters. The lowest BCUT2D eigenvalue weighted by Gasteiger charge is -2.27. The molecule has 1 aliphatic rings. The van der Waals surface area contributed by atoms with Gasteiger partial charge in [-0.15, -0.1) is 0 Å².